The van der Waals surface area contributed by atoms with Crippen LogP contribution in [0.4, 0.5) is 0 Å². The molecule has 0 spiro atoms. The third-order valence-corrected chi connectivity index (χ3v) is 4.06. The Bertz CT molecular complexity index is 476. The molecule has 0 heterocycles. The van der Waals surface area contributed by atoms with E-state index in [2.05, 4.69) is 26.0 Å². The molecule has 17 heavy (non-hydrogen) atoms. The van der Waals surface area contributed by atoms with Crippen molar-refractivity contribution in [2.75, 3.05) is 27.2 Å². The fraction of sp³-hybridized carbons (Fsp3) is 0.400. The van der Waals surface area contributed by atoms with E-state index in [1.165, 1.54) is 13.2 Å². The fourth-order valence-corrected chi connectivity index (χ4v) is 2.99. The van der Waals surface area contributed by atoms with Crippen molar-refractivity contribution in [2.45, 2.75) is 4.90 Å². The summed E-state index contributed by atoms with van der Waals surface area (Å²) >= 11 is 3.24. The predicted molar refractivity (Wildman–Crippen MR) is 69.8 cm³/mol. The second kappa shape index (κ2) is 6.34. The minimum Gasteiger partial charge on any atom is -0.495 e. The van der Waals surface area contributed by atoms with E-state index in [-0.39, 0.29) is 4.90 Å². The lowest BCUT2D eigenvalue weighted by atomic mass is 10.3. The number of sulfonamides is 1. The molecule has 0 atom stereocenters. The van der Waals surface area contributed by atoms with Gasteiger partial charge in [0.05, 0.1) is 7.11 Å². The minimum atomic E-state index is -3.54. The van der Waals surface area contributed by atoms with E-state index >= 15 is 0 Å². The normalized spacial score (nSPS) is 11.5. The maximum atomic E-state index is 12.0. The highest BCUT2D eigenvalue weighted by Crippen LogP contribution is 2.26. The number of methoxy groups -OCH3 is 1. The number of nitrogens with one attached hydrogen (secondary N) is 2. The number of rotatable bonds is 6. The molecule has 0 aliphatic heterocycles. The molecular formula is C10H15BrN2O3S. The van der Waals surface area contributed by atoms with Crippen LogP contribution in [0, 0.1) is 0 Å². The monoisotopic (exact) mass is 322 g/mol. The van der Waals surface area contributed by atoms with Crippen molar-refractivity contribution in [3.8, 4) is 5.75 Å². The van der Waals surface area contributed by atoms with Crippen molar-refractivity contribution in [3.63, 3.8) is 0 Å². The first-order chi connectivity index (χ1) is 8.01. The first kappa shape index (κ1) is 14.4. The number of likely N-dealkylation sites (N-methyl/N-ethyl adjacent to an activating group) is 1. The number of benzene rings is 1. The van der Waals surface area contributed by atoms with Crippen molar-refractivity contribution in [1.29, 1.82) is 0 Å². The van der Waals surface area contributed by atoms with Gasteiger partial charge in [-0.25, -0.2) is 13.1 Å². The van der Waals surface area contributed by atoms with Gasteiger partial charge in [0.2, 0.25) is 10.0 Å². The Morgan fingerprint density at radius 3 is 2.65 bits per heavy atom. The Morgan fingerprint density at radius 1 is 1.35 bits per heavy atom. The Morgan fingerprint density at radius 2 is 2.06 bits per heavy atom. The molecule has 0 saturated heterocycles. The number of halogens is 1. The van der Waals surface area contributed by atoms with Gasteiger partial charge >= 0.3 is 0 Å². The van der Waals surface area contributed by atoms with Crippen LogP contribution in [0.25, 0.3) is 0 Å². The molecule has 0 amide bonds. The van der Waals surface area contributed by atoms with E-state index < -0.39 is 10.0 Å². The van der Waals surface area contributed by atoms with Crippen molar-refractivity contribution in [2.24, 2.45) is 0 Å². The molecule has 0 unspecified atom stereocenters. The van der Waals surface area contributed by atoms with E-state index in [0.29, 0.717) is 23.3 Å². The second-order valence-electron chi connectivity index (χ2n) is 3.30. The summed E-state index contributed by atoms with van der Waals surface area (Å²) in [5.41, 5.74) is 0. The molecule has 1 aromatic carbocycles. The average Bonchev–Trinajstić information content (AvgIpc) is 2.29. The fourth-order valence-electron chi connectivity index (χ4n) is 1.25. The summed E-state index contributed by atoms with van der Waals surface area (Å²) in [6, 6.07) is 4.85. The summed E-state index contributed by atoms with van der Waals surface area (Å²) in [5.74, 6) is 0.324. The third kappa shape index (κ3) is 3.95. The second-order valence-corrected chi connectivity index (χ2v) is 5.95. The summed E-state index contributed by atoms with van der Waals surface area (Å²) < 4.78 is 32.2. The molecule has 0 bridgehead atoms. The standard InChI is InChI=1S/C10H15BrN2O3S/c1-12-5-6-13-17(14,15)10-7-8(11)3-4-9(10)16-2/h3-4,7,12-13H,5-6H2,1-2H3. The Labute approximate surface area is 110 Å². The Kier molecular flexibility index (Phi) is 5.38. The van der Waals surface area contributed by atoms with Gasteiger partial charge < -0.3 is 10.1 Å². The van der Waals surface area contributed by atoms with E-state index in [1.807, 2.05) is 0 Å². The molecule has 1 aromatic rings. The molecule has 0 aliphatic carbocycles. The third-order valence-electron chi connectivity index (χ3n) is 2.08. The smallest absolute Gasteiger partial charge is 0.244 e. The van der Waals surface area contributed by atoms with Crippen LogP contribution in [0.15, 0.2) is 27.6 Å². The summed E-state index contributed by atoms with van der Waals surface area (Å²) in [6.07, 6.45) is 0. The molecule has 7 heteroatoms. The van der Waals surface area contributed by atoms with Crippen molar-refractivity contribution in [3.05, 3.63) is 22.7 Å². The predicted octanol–water partition coefficient (Wildman–Crippen LogP) is 0.955. The van der Waals surface area contributed by atoms with Crippen LogP contribution in [0.1, 0.15) is 0 Å². The van der Waals surface area contributed by atoms with Gasteiger partial charge in [-0.15, -0.1) is 0 Å². The van der Waals surface area contributed by atoms with Crippen LogP contribution in [0.5, 0.6) is 5.75 Å². The van der Waals surface area contributed by atoms with E-state index in [4.69, 9.17) is 4.74 Å². The molecule has 5 nitrogen and oxygen atoms in total. The lowest BCUT2D eigenvalue weighted by Gasteiger charge is -2.10. The van der Waals surface area contributed by atoms with Crippen LogP contribution in [-0.2, 0) is 10.0 Å². The highest BCUT2D eigenvalue weighted by molar-refractivity contribution is 9.10. The van der Waals surface area contributed by atoms with Gasteiger partial charge in [0.25, 0.3) is 0 Å². The van der Waals surface area contributed by atoms with Crippen LogP contribution >= 0.6 is 15.9 Å². The first-order valence-corrected chi connectivity index (χ1v) is 7.26. The maximum absolute atomic E-state index is 12.0. The topological polar surface area (TPSA) is 67.4 Å². The van der Waals surface area contributed by atoms with Gasteiger partial charge in [-0.05, 0) is 25.2 Å². The highest BCUT2D eigenvalue weighted by Gasteiger charge is 2.19. The van der Waals surface area contributed by atoms with Crippen LogP contribution in [0.2, 0.25) is 0 Å². The zero-order valence-electron chi connectivity index (χ0n) is 9.66. The van der Waals surface area contributed by atoms with Crippen molar-refractivity contribution in [1.82, 2.24) is 10.0 Å². The van der Waals surface area contributed by atoms with Gasteiger partial charge in [0, 0.05) is 17.6 Å². The quantitative estimate of drug-likeness (QED) is 0.765. The lowest BCUT2D eigenvalue weighted by Crippen LogP contribution is -2.30. The van der Waals surface area contributed by atoms with Gasteiger partial charge in [-0.3, -0.25) is 0 Å². The Hall–Kier alpha value is -0.630. The number of ether oxygens (including phenoxy) is 1. The molecule has 1 rings (SSSR count). The molecular weight excluding hydrogens is 308 g/mol. The molecule has 0 aromatic heterocycles. The molecule has 0 radical (unpaired) electrons. The van der Waals surface area contributed by atoms with Crippen LogP contribution < -0.4 is 14.8 Å². The zero-order valence-corrected chi connectivity index (χ0v) is 12.1. The minimum absolute atomic E-state index is 0.130. The number of hydrogen-bond donors (Lipinski definition) is 2. The molecule has 0 aliphatic rings. The van der Waals surface area contributed by atoms with Gasteiger partial charge in [-0.2, -0.15) is 0 Å². The highest BCUT2D eigenvalue weighted by atomic mass is 79.9. The number of hydrogen-bond acceptors (Lipinski definition) is 4. The lowest BCUT2D eigenvalue weighted by molar-refractivity contribution is 0.402. The van der Waals surface area contributed by atoms with Crippen molar-refractivity contribution >= 4 is 26.0 Å². The largest absolute Gasteiger partial charge is 0.495 e. The summed E-state index contributed by atoms with van der Waals surface area (Å²) in [7, 11) is -0.345. The van der Waals surface area contributed by atoms with Gasteiger partial charge in [0.15, 0.2) is 0 Å². The molecule has 96 valence electrons. The maximum Gasteiger partial charge on any atom is 0.244 e. The molecule has 0 fully saturated rings. The summed E-state index contributed by atoms with van der Waals surface area (Å²) in [4.78, 5) is 0.130. The van der Waals surface area contributed by atoms with Gasteiger partial charge in [-0.1, -0.05) is 15.9 Å². The average molecular weight is 323 g/mol. The molecule has 0 saturated carbocycles. The van der Waals surface area contributed by atoms with Crippen LogP contribution in [-0.4, -0.2) is 35.7 Å². The van der Waals surface area contributed by atoms with E-state index in [1.54, 1.807) is 19.2 Å². The van der Waals surface area contributed by atoms with Gasteiger partial charge in [0.1, 0.15) is 10.6 Å². The van der Waals surface area contributed by atoms with Crippen LogP contribution in [0.3, 0.4) is 0 Å². The Balaban J connectivity index is 3.00. The summed E-state index contributed by atoms with van der Waals surface area (Å²) in [6.45, 7) is 0.893. The summed E-state index contributed by atoms with van der Waals surface area (Å²) in [5, 5.41) is 2.86. The van der Waals surface area contributed by atoms with E-state index in [9.17, 15) is 8.42 Å². The van der Waals surface area contributed by atoms with E-state index in [0.717, 1.165) is 0 Å². The zero-order chi connectivity index (χ0) is 12.9. The SMILES string of the molecule is CNCCNS(=O)(=O)c1cc(Br)ccc1OC. The first-order valence-electron chi connectivity index (χ1n) is 4.99. The van der Waals surface area contributed by atoms with Crippen molar-refractivity contribution < 1.29 is 13.2 Å². The molecule has 2 N–H and O–H groups in total.